The van der Waals surface area contributed by atoms with Crippen LogP contribution in [0, 0.1) is 3.57 Å². The molecule has 0 unspecified atom stereocenters. The Labute approximate surface area is 195 Å². The quantitative estimate of drug-likeness (QED) is 0.356. The molecule has 0 radical (unpaired) electrons. The van der Waals surface area contributed by atoms with Crippen LogP contribution in [0.5, 0.6) is 5.75 Å². The summed E-state index contributed by atoms with van der Waals surface area (Å²) >= 11 is 9.36. The Morgan fingerprint density at radius 1 is 1.18 bits per heavy atom. The normalized spacial score (nSPS) is 15.4. The van der Waals surface area contributed by atoms with Crippen LogP contribution >= 0.6 is 66.2 Å². The standard InChI is InChI=1S/C18H11Br2IN2O4S/c19-12-5-9(6-13(20)16(12)25)7-14-17(26)23(18(27)28-14)8-15(24)22-11-3-1-10(21)2-4-11/h1-7,25H,8H2,(H,22,24)/b14-7-. The molecule has 3 rings (SSSR count). The summed E-state index contributed by atoms with van der Waals surface area (Å²) in [6, 6.07) is 10.4. The van der Waals surface area contributed by atoms with E-state index in [-0.39, 0.29) is 17.2 Å². The van der Waals surface area contributed by atoms with Crippen molar-refractivity contribution in [2.24, 2.45) is 0 Å². The molecule has 28 heavy (non-hydrogen) atoms. The van der Waals surface area contributed by atoms with Gasteiger partial charge in [0, 0.05) is 9.26 Å². The van der Waals surface area contributed by atoms with Gasteiger partial charge in [-0.3, -0.25) is 19.3 Å². The maximum Gasteiger partial charge on any atom is 0.294 e. The summed E-state index contributed by atoms with van der Waals surface area (Å²) in [6.45, 7) is -0.364. The van der Waals surface area contributed by atoms with E-state index in [1.54, 1.807) is 24.3 Å². The molecule has 144 valence electrons. The van der Waals surface area contributed by atoms with Gasteiger partial charge in [0.1, 0.15) is 12.3 Å². The van der Waals surface area contributed by atoms with Gasteiger partial charge in [-0.25, -0.2) is 0 Å². The molecule has 1 saturated heterocycles. The summed E-state index contributed by atoms with van der Waals surface area (Å²) in [7, 11) is 0. The van der Waals surface area contributed by atoms with Crippen molar-refractivity contribution in [2.75, 3.05) is 11.9 Å². The van der Waals surface area contributed by atoms with Gasteiger partial charge in [0.05, 0.1) is 13.9 Å². The lowest BCUT2D eigenvalue weighted by molar-refractivity contribution is -0.127. The number of rotatable bonds is 4. The highest BCUT2D eigenvalue weighted by Gasteiger charge is 2.36. The van der Waals surface area contributed by atoms with Crippen LogP contribution < -0.4 is 5.32 Å². The van der Waals surface area contributed by atoms with Crippen molar-refractivity contribution in [3.8, 4) is 5.75 Å². The van der Waals surface area contributed by atoms with Crippen molar-refractivity contribution in [3.63, 3.8) is 0 Å². The third kappa shape index (κ3) is 4.97. The summed E-state index contributed by atoms with van der Waals surface area (Å²) < 4.78 is 1.92. The molecule has 0 bridgehead atoms. The first-order valence-corrected chi connectivity index (χ1v) is 11.2. The lowest BCUT2D eigenvalue weighted by Crippen LogP contribution is -2.36. The van der Waals surface area contributed by atoms with Gasteiger partial charge in [0.15, 0.2) is 0 Å². The lowest BCUT2D eigenvalue weighted by Gasteiger charge is -2.12. The molecule has 1 aliphatic heterocycles. The Kier molecular flexibility index (Phi) is 6.84. The Balaban J connectivity index is 1.72. The number of amides is 3. The van der Waals surface area contributed by atoms with Crippen molar-refractivity contribution >= 4 is 95.0 Å². The Morgan fingerprint density at radius 2 is 1.79 bits per heavy atom. The van der Waals surface area contributed by atoms with Gasteiger partial charge in [-0.05, 0) is 114 Å². The highest BCUT2D eigenvalue weighted by atomic mass is 127. The van der Waals surface area contributed by atoms with Gasteiger partial charge in [-0.15, -0.1) is 0 Å². The number of nitrogens with one attached hydrogen (secondary N) is 1. The largest absolute Gasteiger partial charge is 0.506 e. The molecular weight excluding hydrogens is 627 g/mol. The Bertz CT molecular complexity index is 988. The fraction of sp³-hybridized carbons (Fsp3) is 0.0556. The number of phenolic OH excluding ortho intramolecular Hbond substituents is 1. The van der Waals surface area contributed by atoms with Gasteiger partial charge in [-0.1, -0.05) is 0 Å². The minimum Gasteiger partial charge on any atom is -0.506 e. The van der Waals surface area contributed by atoms with E-state index in [1.165, 1.54) is 6.08 Å². The van der Waals surface area contributed by atoms with Crippen LogP contribution in [0.15, 0.2) is 50.2 Å². The van der Waals surface area contributed by atoms with E-state index in [4.69, 9.17) is 0 Å². The monoisotopic (exact) mass is 636 g/mol. The summed E-state index contributed by atoms with van der Waals surface area (Å²) in [4.78, 5) is 38.1. The number of carbonyl (C=O) groups is 3. The second kappa shape index (κ2) is 8.97. The first-order chi connectivity index (χ1) is 13.2. The van der Waals surface area contributed by atoms with Crippen LogP contribution in [0.1, 0.15) is 5.56 Å². The third-order valence-corrected chi connectivity index (χ3v) is 6.48. The molecule has 0 saturated carbocycles. The number of phenols is 1. The zero-order chi connectivity index (χ0) is 20.4. The summed E-state index contributed by atoms with van der Waals surface area (Å²) in [5, 5.41) is 11.9. The number of imide groups is 1. The number of aromatic hydroxyl groups is 1. The third-order valence-electron chi connectivity index (χ3n) is 3.64. The van der Waals surface area contributed by atoms with Crippen LogP contribution in [-0.2, 0) is 9.59 Å². The van der Waals surface area contributed by atoms with Crippen molar-refractivity contribution in [3.05, 3.63) is 59.4 Å². The average molecular weight is 638 g/mol. The zero-order valence-corrected chi connectivity index (χ0v) is 20.1. The molecule has 0 spiro atoms. The van der Waals surface area contributed by atoms with E-state index in [9.17, 15) is 19.5 Å². The predicted octanol–water partition coefficient (Wildman–Crippen LogP) is 5.20. The molecule has 2 aromatic rings. The van der Waals surface area contributed by atoms with Crippen LogP contribution in [0.25, 0.3) is 6.08 Å². The first-order valence-electron chi connectivity index (χ1n) is 7.73. The number of carbonyl (C=O) groups excluding carboxylic acids is 3. The molecule has 3 amide bonds. The van der Waals surface area contributed by atoms with Crippen LogP contribution in [-0.4, -0.2) is 33.6 Å². The summed E-state index contributed by atoms with van der Waals surface area (Å²) in [5.74, 6) is -0.953. The minimum absolute atomic E-state index is 0.0394. The van der Waals surface area contributed by atoms with E-state index in [0.717, 1.165) is 20.2 Å². The van der Waals surface area contributed by atoms with Gasteiger partial charge in [0.2, 0.25) is 5.91 Å². The second-order valence-electron chi connectivity index (χ2n) is 5.66. The maximum absolute atomic E-state index is 12.6. The number of hydrogen-bond donors (Lipinski definition) is 2. The van der Waals surface area contributed by atoms with Crippen molar-refractivity contribution in [1.29, 1.82) is 0 Å². The number of benzene rings is 2. The molecule has 1 fully saturated rings. The van der Waals surface area contributed by atoms with Gasteiger partial charge >= 0.3 is 0 Å². The molecule has 0 aliphatic carbocycles. The topological polar surface area (TPSA) is 86.7 Å². The number of thioether (sulfide) groups is 1. The Morgan fingerprint density at radius 3 is 2.39 bits per heavy atom. The smallest absolute Gasteiger partial charge is 0.294 e. The summed E-state index contributed by atoms with van der Waals surface area (Å²) in [6.07, 6.45) is 1.54. The van der Waals surface area contributed by atoms with Crippen LogP contribution in [0.2, 0.25) is 0 Å². The molecule has 2 aromatic carbocycles. The molecular formula is C18H11Br2IN2O4S. The number of halogens is 3. The zero-order valence-electron chi connectivity index (χ0n) is 13.9. The number of hydrogen-bond acceptors (Lipinski definition) is 5. The fourth-order valence-corrected chi connectivity index (χ4v) is 4.75. The van der Waals surface area contributed by atoms with E-state index >= 15 is 0 Å². The highest BCUT2D eigenvalue weighted by molar-refractivity contribution is 14.1. The minimum atomic E-state index is -0.534. The lowest BCUT2D eigenvalue weighted by atomic mass is 10.2. The van der Waals surface area contributed by atoms with E-state index in [2.05, 4.69) is 59.8 Å². The number of anilines is 1. The molecule has 1 heterocycles. The Hall–Kier alpha value is -1.37. The molecule has 1 aliphatic rings. The first kappa shape index (κ1) is 21.3. The molecule has 2 N–H and O–H groups in total. The molecule has 0 aromatic heterocycles. The SMILES string of the molecule is O=C(CN1C(=O)S/C(=C\c2cc(Br)c(O)c(Br)c2)C1=O)Nc1ccc(I)cc1. The number of nitrogens with zero attached hydrogens (tertiary/aromatic N) is 1. The van der Waals surface area contributed by atoms with Crippen LogP contribution in [0.4, 0.5) is 10.5 Å². The fourth-order valence-electron chi connectivity index (χ4n) is 2.33. The maximum atomic E-state index is 12.6. The summed E-state index contributed by atoms with van der Waals surface area (Å²) in [5.41, 5.74) is 1.21. The van der Waals surface area contributed by atoms with Gasteiger partial charge < -0.3 is 10.4 Å². The van der Waals surface area contributed by atoms with Gasteiger partial charge in [-0.2, -0.15) is 0 Å². The van der Waals surface area contributed by atoms with Crippen molar-refractivity contribution in [2.45, 2.75) is 0 Å². The molecule has 6 nitrogen and oxygen atoms in total. The van der Waals surface area contributed by atoms with Gasteiger partial charge in [0.25, 0.3) is 11.1 Å². The highest BCUT2D eigenvalue weighted by Crippen LogP contribution is 2.36. The predicted molar refractivity (Wildman–Crippen MR) is 124 cm³/mol. The van der Waals surface area contributed by atoms with E-state index < -0.39 is 17.1 Å². The second-order valence-corrected chi connectivity index (χ2v) is 9.60. The van der Waals surface area contributed by atoms with E-state index in [1.807, 2.05) is 12.1 Å². The molecule has 10 heteroatoms. The molecule has 0 atom stereocenters. The van der Waals surface area contributed by atoms with Crippen molar-refractivity contribution < 1.29 is 19.5 Å². The average Bonchev–Trinajstić information content (AvgIpc) is 2.89. The van der Waals surface area contributed by atoms with Crippen LogP contribution in [0.3, 0.4) is 0 Å². The van der Waals surface area contributed by atoms with E-state index in [0.29, 0.717) is 20.2 Å². The van der Waals surface area contributed by atoms with Crippen molar-refractivity contribution in [1.82, 2.24) is 4.90 Å².